The van der Waals surface area contributed by atoms with Crippen molar-refractivity contribution in [1.82, 2.24) is 0 Å². The molecule has 90 valence electrons. The summed E-state index contributed by atoms with van der Waals surface area (Å²) in [6, 6.07) is 4.00. The van der Waals surface area contributed by atoms with Gasteiger partial charge in [-0.05, 0) is 43.5 Å². The summed E-state index contributed by atoms with van der Waals surface area (Å²) in [7, 11) is 0. The third-order valence-corrected chi connectivity index (χ3v) is 3.10. The summed E-state index contributed by atoms with van der Waals surface area (Å²) >= 11 is 6.12. The van der Waals surface area contributed by atoms with E-state index in [0.29, 0.717) is 0 Å². The molecule has 0 N–H and O–H groups in total. The van der Waals surface area contributed by atoms with Gasteiger partial charge in [-0.2, -0.15) is 0 Å². The summed E-state index contributed by atoms with van der Waals surface area (Å²) in [5, 5.41) is 0.721. The molecule has 0 spiro atoms. The molecule has 0 aliphatic heterocycles. The zero-order valence-electron chi connectivity index (χ0n) is 10.5. The number of benzene rings is 1. The summed E-state index contributed by atoms with van der Waals surface area (Å²) < 4.78 is 5.69. The van der Waals surface area contributed by atoms with Crippen molar-refractivity contribution in [3.8, 4) is 5.75 Å². The van der Waals surface area contributed by atoms with Gasteiger partial charge in [0.1, 0.15) is 5.75 Å². The van der Waals surface area contributed by atoms with Crippen molar-refractivity contribution < 1.29 is 4.74 Å². The van der Waals surface area contributed by atoms with Gasteiger partial charge in [-0.1, -0.05) is 37.8 Å². The van der Waals surface area contributed by atoms with E-state index in [2.05, 4.69) is 20.8 Å². The number of rotatable bonds is 6. The molecular weight excluding hydrogens is 220 g/mol. The highest BCUT2D eigenvalue weighted by atomic mass is 35.5. The molecule has 0 unspecified atom stereocenters. The first-order chi connectivity index (χ1) is 7.65. The second-order valence-electron chi connectivity index (χ2n) is 4.28. The first-order valence-corrected chi connectivity index (χ1v) is 6.42. The molecular formula is C14H21ClO. The first kappa shape index (κ1) is 13.4. The summed E-state index contributed by atoms with van der Waals surface area (Å²) in [6.07, 6.45) is 4.88. The van der Waals surface area contributed by atoms with Crippen LogP contribution in [-0.2, 0) is 0 Å². The van der Waals surface area contributed by atoms with Gasteiger partial charge in [0.05, 0.1) is 11.6 Å². The number of ether oxygens (including phenoxy) is 1. The summed E-state index contributed by atoms with van der Waals surface area (Å²) in [6.45, 7) is 7.12. The molecule has 0 aliphatic rings. The Kier molecular flexibility index (Phi) is 5.68. The lowest BCUT2D eigenvalue weighted by Crippen LogP contribution is -1.98. The van der Waals surface area contributed by atoms with Gasteiger partial charge in [-0.15, -0.1) is 0 Å². The zero-order chi connectivity index (χ0) is 12.0. The quantitative estimate of drug-likeness (QED) is 0.642. The fraction of sp³-hybridized carbons (Fsp3) is 0.571. The van der Waals surface area contributed by atoms with Crippen LogP contribution < -0.4 is 4.74 Å². The van der Waals surface area contributed by atoms with Gasteiger partial charge in [0.25, 0.3) is 0 Å². The van der Waals surface area contributed by atoms with Crippen LogP contribution in [0.1, 0.15) is 43.7 Å². The maximum absolute atomic E-state index is 6.12. The molecule has 16 heavy (non-hydrogen) atoms. The molecule has 0 saturated heterocycles. The molecule has 0 radical (unpaired) electrons. The minimum atomic E-state index is 0.721. The molecule has 1 rings (SSSR count). The van der Waals surface area contributed by atoms with E-state index in [1.54, 1.807) is 0 Å². The van der Waals surface area contributed by atoms with Gasteiger partial charge in [-0.25, -0.2) is 0 Å². The normalized spacial score (nSPS) is 10.5. The lowest BCUT2D eigenvalue weighted by atomic mass is 10.1. The molecule has 0 aromatic heterocycles. The monoisotopic (exact) mass is 240 g/mol. The van der Waals surface area contributed by atoms with Gasteiger partial charge >= 0.3 is 0 Å². The van der Waals surface area contributed by atoms with Crippen molar-refractivity contribution in [3.05, 3.63) is 28.3 Å². The van der Waals surface area contributed by atoms with Gasteiger partial charge in [0, 0.05) is 0 Å². The molecule has 1 aromatic carbocycles. The molecule has 0 atom stereocenters. The molecule has 0 aliphatic carbocycles. The lowest BCUT2D eigenvalue weighted by molar-refractivity contribution is 0.305. The van der Waals surface area contributed by atoms with Gasteiger partial charge in [-0.3, -0.25) is 0 Å². The van der Waals surface area contributed by atoms with Crippen LogP contribution in [0.25, 0.3) is 0 Å². The number of hydrogen-bond donors (Lipinski definition) is 0. The highest BCUT2D eigenvalue weighted by Gasteiger charge is 2.04. The third-order valence-electron chi connectivity index (χ3n) is 2.80. The van der Waals surface area contributed by atoms with Crippen LogP contribution in [0.4, 0.5) is 0 Å². The van der Waals surface area contributed by atoms with E-state index >= 15 is 0 Å². The fourth-order valence-corrected chi connectivity index (χ4v) is 1.85. The van der Waals surface area contributed by atoms with Crippen LogP contribution in [0, 0.1) is 13.8 Å². The Morgan fingerprint density at radius 3 is 2.44 bits per heavy atom. The highest BCUT2D eigenvalue weighted by Crippen LogP contribution is 2.27. The Morgan fingerprint density at radius 1 is 1.06 bits per heavy atom. The second kappa shape index (κ2) is 6.80. The van der Waals surface area contributed by atoms with E-state index in [1.807, 2.05) is 12.1 Å². The van der Waals surface area contributed by atoms with Crippen molar-refractivity contribution in [3.63, 3.8) is 0 Å². The van der Waals surface area contributed by atoms with Gasteiger partial charge < -0.3 is 4.74 Å². The van der Waals surface area contributed by atoms with E-state index in [4.69, 9.17) is 16.3 Å². The summed E-state index contributed by atoms with van der Waals surface area (Å²) in [5.41, 5.74) is 2.44. The Labute approximate surface area is 104 Å². The number of unbranched alkanes of at least 4 members (excludes halogenated alkanes) is 3. The molecule has 0 heterocycles. The number of halogens is 1. The van der Waals surface area contributed by atoms with Crippen molar-refractivity contribution in [2.45, 2.75) is 46.5 Å². The Balaban J connectivity index is 2.45. The Morgan fingerprint density at radius 2 is 1.75 bits per heavy atom. The van der Waals surface area contributed by atoms with Crippen molar-refractivity contribution in [2.24, 2.45) is 0 Å². The van der Waals surface area contributed by atoms with E-state index in [-0.39, 0.29) is 0 Å². The standard InChI is InChI=1S/C14H21ClO/c1-4-5-6-7-8-16-14-10-12(3)11(2)9-13(14)15/h9-10H,4-8H2,1-3H3. The first-order valence-electron chi connectivity index (χ1n) is 6.04. The number of aryl methyl sites for hydroxylation is 2. The van der Waals surface area contributed by atoms with Gasteiger partial charge in [0.15, 0.2) is 0 Å². The summed E-state index contributed by atoms with van der Waals surface area (Å²) in [4.78, 5) is 0. The SMILES string of the molecule is CCCCCCOc1cc(C)c(C)cc1Cl. The molecule has 0 saturated carbocycles. The van der Waals surface area contributed by atoms with Gasteiger partial charge in [0.2, 0.25) is 0 Å². The molecule has 0 amide bonds. The van der Waals surface area contributed by atoms with Crippen LogP contribution in [0.15, 0.2) is 12.1 Å². The van der Waals surface area contributed by atoms with E-state index in [9.17, 15) is 0 Å². The third kappa shape index (κ3) is 4.05. The lowest BCUT2D eigenvalue weighted by Gasteiger charge is -2.10. The molecule has 2 heteroatoms. The smallest absolute Gasteiger partial charge is 0.138 e. The number of hydrogen-bond acceptors (Lipinski definition) is 1. The molecule has 1 nitrogen and oxygen atoms in total. The van der Waals surface area contributed by atoms with Crippen molar-refractivity contribution in [2.75, 3.05) is 6.61 Å². The fourth-order valence-electron chi connectivity index (χ4n) is 1.58. The largest absolute Gasteiger partial charge is 0.492 e. The van der Waals surface area contributed by atoms with Crippen LogP contribution in [-0.4, -0.2) is 6.61 Å². The van der Waals surface area contributed by atoms with E-state index in [1.165, 1.54) is 30.4 Å². The van der Waals surface area contributed by atoms with E-state index in [0.717, 1.165) is 23.8 Å². The molecule has 0 fully saturated rings. The van der Waals surface area contributed by atoms with Crippen LogP contribution >= 0.6 is 11.6 Å². The van der Waals surface area contributed by atoms with Crippen molar-refractivity contribution >= 4 is 11.6 Å². The average molecular weight is 241 g/mol. The minimum absolute atomic E-state index is 0.721. The Bertz CT molecular complexity index is 334. The molecule has 1 aromatic rings. The molecule has 0 bridgehead atoms. The maximum Gasteiger partial charge on any atom is 0.138 e. The van der Waals surface area contributed by atoms with Crippen LogP contribution in [0.3, 0.4) is 0 Å². The highest BCUT2D eigenvalue weighted by molar-refractivity contribution is 6.32. The predicted molar refractivity (Wildman–Crippen MR) is 70.6 cm³/mol. The van der Waals surface area contributed by atoms with Crippen LogP contribution in [0.5, 0.6) is 5.75 Å². The summed E-state index contributed by atoms with van der Waals surface area (Å²) in [5.74, 6) is 0.821. The minimum Gasteiger partial charge on any atom is -0.492 e. The van der Waals surface area contributed by atoms with Crippen LogP contribution in [0.2, 0.25) is 5.02 Å². The average Bonchev–Trinajstić information content (AvgIpc) is 2.25. The topological polar surface area (TPSA) is 9.23 Å². The van der Waals surface area contributed by atoms with Crippen molar-refractivity contribution in [1.29, 1.82) is 0 Å². The zero-order valence-corrected chi connectivity index (χ0v) is 11.2. The Hall–Kier alpha value is -0.690. The second-order valence-corrected chi connectivity index (χ2v) is 4.68. The van der Waals surface area contributed by atoms with E-state index < -0.39 is 0 Å². The maximum atomic E-state index is 6.12. The predicted octanol–water partition coefficient (Wildman–Crippen LogP) is 4.92.